The summed E-state index contributed by atoms with van der Waals surface area (Å²) in [6.45, 7) is 5.22. The average molecular weight is 295 g/mol. The van der Waals surface area contributed by atoms with E-state index in [2.05, 4.69) is 18.7 Å². The van der Waals surface area contributed by atoms with Gasteiger partial charge in [-0.15, -0.1) is 0 Å². The molecule has 0 aliphatic heterocycles. The van der Waals surface area contributed by atoms with E-state index in [-0.39, 0.29) is 11.7 Å². The van der Waals surface area contributed by atoms with Gasteiger partial charge in [0, 0.05) is 0 Å². The maximum absolute atomic E-state index is 13.2. The molecule has 0 aliphatic rings. The van der Waals surface area contributed by atoms with E-state index in [1.807, 2.05) is 14.1 Å². The molecule has 0 aliphatic carbocycles. The summed E-state index contributed by atoms with van der Waals surface area (Å²) in [4.78, 5) is 2.13. The van der Waals surface area contributed by atoms with E-state index in [1.54, 1.807) is 12.1 Å². The molecule has 21 heavy (non-hydrogen) atoms. The summed E-state index contributed by atoms with van der Waals surface area (Å²) in [5.74, 6) is -0.0342. The lowest BCUT2D eigenvalue weighted by molar-refractivity contribution is -0.0401. The molecule has 2 unspecified atom stereocenters. The maximum Gasteiger partial charge on any atom is 0.123 e. The van der Waals surface area contributed by atoms with Gasteiger partial charge in [-0.2, -0.15) is 0 Å². The fourth-order valence-electron chi connectivity index (χ4n) is 3.12. The maximum atomic E-state index is 13.2. The Morgan fingerprint density at radius 3 is 2.29 bits per heavy atom. The van der Waals surface area contributed by atoms with E-state index in [0.717, 1.165) is 44.2 Å². The normalized spacial score (nSPS) is 16.0. The molecule has 0 radical (unpaired) electrons. The van der Waals surface area contributed by atoms with Crippen molar-refractivity contribution < 1.29 is 9.50 Å². The van der Waals surface area contributed by atoms with Crippen LogP contribution < -0.4 is 0 Å². The highest BCUT2D eigenvalue weighted by atomic mass is 19.1. The Labute approximate surface area is 129 Å². The third-order valence-corrected chi connectivity index (χ3v) is 4.31. The van der Waals surface area contributed by atoms with Gasteiger partial charge in [0.25, 0.3) is 0 Å². The average Bonchev–Trinajstić information content (AvgIpc) is 2.44. The van der Waals surface area contributed by atoms with Crippen molar-refractivity contribution in [1.82, 2.24) is 4.90 Å². The Kier molecular flexibility index (Phi) is 7.33. The monoisotopic (exact) mass is 295 g/mol. The zero-order valence-corrected chi connectivity index (χ0v) is 13.9. The quantitative estimate of drug-likeness (QED) is 0.738. The summed E-state index contributed by atoms with van der Waals surface area (Å²) in [6.07, 6.45) is 4.63. The van der Waals surface area contributed by atoms with Gasteiger partial charge in [-0.1, -0.05) is 38.8 Å². The molecule has 0 bridgehead atoms. The van der Waals surface area contributed by atoms with Crippen LogP contribution in [0.15, 0.2) is 24.3 Å². The molecular weight excluding hydrogens is 265 g/mol. The van der Waals surface area contributed by atoms with Crippen LogP contribution in [0.25, 0.3) is 0 Å². The Balaban J connectivity index is 2.99. The third kappa shape index (κ3) is 5.08. The second-order valence-electron chi connectivity index (χ2n) is 6.23. The summed E-state index contributed by atoms with van der Waals surface area (Å²) in [7, 11) is 4.08. The zero-order valence-electron chi connectivity index (χ0n) is 13.9. The smallest absolute Gasteiger partial charge is 0.123 e. The van der Waals surface area contributed by atoms with Crippen LogP contribution in [-0.2, 0) is 5.60 Å². The molecule has 1 rings (SSSR count). The largest absolute Gasteiger partial charge is 0.385 e. The topological polar surface area (TPSA) is 23.5 Å². The molecule has 0 amide bonds. The van der Waals surface area contributed by atoms with E-state index < -0.39 is 5.60 Å². The zero-order chi connectivity index (χ0) is 15.9. The number of aliphatic hydroxyl groups is 1. The molecule has 0 saturated carbocycles. The minimum absolute atomic E-state index is 0.218. The van der Waals surface area contributed by atoms with Gasteiger partial charge in [0.2, 0.25) is 0 Å². The molecule has 2 nitrogen and oxygen atoms in total. The highest BCUT2D eigenvalue weighted by Gasteiger charge is 2.36. The van der Waals surface area contributed by atoms with Crippen molar-refractivity contribution in [3.8, 4) is 0 Å². The van der Waals surface area contributed by atoms with Gasteiger partial charge >= 0.3 is 0 Å². The van der Waals surface area contributed by atoms with Crippen molar-refractivity contribution in [3.63, 3.8) is 0 Å². The molecular formula is C18H30FNO. The van der Waals surface area contributed by atoms with Crippen LogP contribution in [0.3, 0.4) is 0 Å². The van der Waals surface area contributed by atoms with Gasteiger partial charge < -0.3 is 10.0 Å². The molecule has 1 aromatic carbocycles. The molecule has 0 fully saturated rings. The van der Waals surface area contributed by atoms with Crippen molar-refractivity contribution in [2.45, 2.75) is 51.6 Å². The van der Waals surface area contributed by atoms with Gasteiger partial charge in [0.1, 0.15) is 5.82 Å². The number of hydrogen-bond acceptors (Lipinski definition) is 2. The van der Waals surface area contributed by atoms with Gasteiger partial charge in [0.05, 0.1) is 5.60 Å². The fourth-order valence-corrected chi connectivity index (χ4v) is 3.12. The Bertz CT molecular complexity index is 404. The highest BCUT2D eigenvalue weighted by Crippen LogP contribution is 2.39. The summed E-state index contributed by atoms with van der Waals surface area (Å²) >= 11 is 0. The number of halogens is 1. The fraction of sp³-hybridized carbons (Fsp3) is 0.667. The van der Waals surface area contributed by atoms with E-state index >= 15 is 0 Å². The Morgan fingerprint density at radius 2 is 1.81 bits per heavy atom. The van der Waals surface area contributed by atoms with Crippen LogP contribution in [0.2, 0.25) is 0 Å². The van der Waals surface area contributed by atoms with Crippen molar-refractivity contribution >= 4 is 0 Å². The molecule has 0 saturated heterocycles. The number of rotatable bonds is 9. The Hall–Kier alpha value is -0.930. The van der Waals surface area contributed by atoms with Crippen molar-refractivity contribution in [3.05, 3.63) is 35.6 Å². The van der Waals surface area contributed by atoms with E-state index in [1.165, 1.54) is 12.1 Å². The Morgan fingerprint density at radius 1 is 1.19 bits per heavy atom. The molecule has 1 N–H and O–H groups in total. The predicted octanol–water partition coefficient (Wildman–Crippen LogP) is 4.18. The van der Waals surface area contributed by atoms with Crippen molar-refractivity contribution in [2.75, 3.05) is 20.6 Å². The minimum Gasteiger partial charge on any atom is -0.385 e. The summed E-state index contributed by atoms with van der Waals surface area (Å²) in [5.41, 5.74) is -0.00275. The lowest BCUT2D eigenvalue weighted by Gasteiger charge is -2.37. The first-order valence-electron chi connectivity index (χ1n) is 8.07. The summed E-state index contributed by atoms with van der Waals surface area (Å²) in [5, 5.41) is 11.3. The number of nitrogens with zero attached hydrogens (tertiary/aromatic N) is 1. The molecule has 0 spiro atoms. The predicted molar refractivity (Wildman–Crippen MR) is 86.8 cm³/mol. The SMILES string of the molecule is CCCC(CC)C(O)(CCCN(C)C)c1ccc(F)cc1. The first kappa shape index (κ1) is 18.1. The second-order valence-corrected chi connectivity index (χ2v) is 6.23. The van der Waals surface area contributed by atoms with Crippen molar-refractivity contribution in [2.24, 2.45) is 5.92 Å². The standard InChI is InChI=1S/C18H30FNO/c1-5-8-15(6-2)18(21,13-7-14-20(3)4)16-9-11-17(19)12-10-16/h9-12,15,21H,5-8,13-14H2,1-4H3. The first-order chi connectivity index (χ1) is 9.93. The summed E-state index contributed by atoms with van der Waals surface area (Å²) in [6, 6.07) is 6.38. The minimum atomic E-state index is -0.853. The van der Waals surface area contributed by atoms with E-state index in [0.29, 0.717) is 0 Å². The van der Waals surface area contributed by atoms with E-state index in [4.69, 9.17) is 0 Å². The number of benzene rings is 1. The number of hydrogen-bond donors (Lipinski definition) is 1. The van der Waals surface area contributed by atoms with Crippen LogP contribution in [0.5, 0.6) is 0 Å². The highest BCUT2D eigenvalue weighted by molar-refractivity contribution is 5.24. The summed E-state index contributed by atoms with van der Waals surface area (Å²) < 4.78 is 13.2. The molecule has 0 aromatic heterocycles. The second kappa shape index (κ2) is 8.50. The van der Waals surface area contributed by atoms with Gasteiger partial charge in [-0.3, -0.25) is 0 Å². The van der Waals surface area contributed by atoms with Crippen LogP contribution in [0, 0.1) is 11.7 Å². The lowest BCUT2D eigenvalue weighted by Crippen LogP contribution is -2.36. The molecule has 2 atom stereocenters. The molecule has 3 heteroatoms. The van der Waals surface area contributed by atoms with Gasteiger partial charge in [-0.25, -0.2) is 4.39 Å². The lowest BCUT2D eigenvalue weighted by atomic mass is 9.74. The van der Waals surface area contributed by atoms with Crippen LogP contribution in [0.4, 0.5) is 4.39 Å². The van der Waals surface area contributed by atoms with Gasteiger partial charge in [0.15, 0.2) is 0 Å². The first-order valence-corrected chi connectivity index (χ1v) is 8.07. The van der Waals surface area contributed by atoms with Crippen LogP contribution in [0.1, 0.15) is 51.5 Å². The van der Waals surface area contributed by atoms with Gasteiger partial charge in [-0.05, 0) is 63.5 Å². The van der Waals surface area contributed by atoms with Crippen LogP contribution >= 0.6 is 0 Å². The van der Waals surface area contributed by atoms with Crippen LogP contribution in [-0.4, -0.2) is 30.6 Å². The molecule has 120 valence electrons. The molecule has 1 aromatic rings. The molecule has 0 heterocycles. The third-order valence-electron chi connectivity index (χ3n) is 4.31. The van der Waals surface area contributed by atoms with Crippen molar-refractivity contribution in [1.29, 1.82) is 0 Å². The van der Waals surface area contributed by atoms with E-state index in [9.17, 15) is 9.50 Å².